The van der Waals surface area contributed by atoms with Crippen molar-refractivity contribution in [1.82, 2.24) is 15.1 Å². The van der Waals surface area contributed by atoms with Gasteiger partial charge in [0.15, 0.2) is 5.75 Å². The lowest BCUT2D eigenvalue weighted by molar-refractivity contribution is 0.356. The van der Waals surface area contributed by atoms with Gasteiger partial charge < -0.3 is 10.1 Å². The maximum Gasteiger partial charge on any atom is 0.161 e. The van der Waals surface area contributed by atoms with Crippen molar-refractivity contribution in [2.24, 2.45) is 5.92 Å². The van der Waals surface area contributed by atoms with Crippen LogP contribution in [0.25, 0.3) is 0 Å². The van der Waals surface area contributed by atoms with E-state index in [2.05, 4.69) is 38.1 Å². The van der Waals surface area contributed by atoms with Crippen LogP contribution in [-0.4, -0.2) is 23.9 Å². The summed E-state index contributed by atoms with van der Waals surface area (Å²) in [6, 6.07) is 0.605. The van der Waals surface area contributed by atoms with Crippen LogP contribution in [0.2, 0.25) is 0 Å². The van der Waals surface area contributed by atoms with Crippen LogP contribution in [0.1, 0.15) is 45.5 Å². The molecule has 4 heteroatoms. The lowest BCUT2D eigenvalue weighted by atomic mass is 10.0. The van der Waals surface area contributed by atoms with Gasteiger partial charge in [0.25, 0.3) is 0 Å². The normalized spacial score (nSPS) is 13.5. The van der Waals surface area contributed by atoms with E-state index in [1.165, 1.54) is 0 Å². The number of aromatic nitrogens is 2. The minimum atomic E-state index is 0.264. The Balaban J connectivity index is 3.20. The van der Waals surface area contributed by atoms with Crippen LogP contribution in [0.15, 0.2) is 6.20 Å². The molecule has 1 N–H and O–H groups in total. The van der Waals surface area contributed by atoms with Gasteiger partial charge in [0.05, 0.1) is 25.0 Å². The minimum Gasteiger partial charge on any atom is -0.493 e. The van der Waals surface area contributed by atoms with Crippen LogP contribution in [0, 0.1) is 5.92 Å². The summed E-state index contributed by atoms with van der Waals surface area (Å²) in [5, 5.41) is 7.72. The minimum absolute atomic E-state index is 0.264. The van der Waals surface area contributed by atoms with Gasteiger partial charge in [-0.2, -0.15) is 5.10 Å². The fourth-order valence-electron chi connectivity index (χ4n) is 2.01. The van der Waals surface area contributed by atoms with Crippen molar-refractivity contribution in [1.29, 1.82) is 0 Å². The van der Waals surface area contributed by atoms with Crippen molar-refractivity contribution in [3.8, 4) is 5.75 Å². The van der Waals surface area contributed by atoms with Crippen LogP contribution >= 0.6 is 0 Å². The van der Waals surface area contributed by atoms with Crippen LogP contribution in [-0.2, 0) is 0 Å². The van der Waals surface area contributed by atoms with Crippen molar-refractivity contribution < 1.29 is 4.74 Å². The molecule has 1 rings (SSSR count). The number of hydrogen-bond acceptors (Lipinski definition) is 3. The van der Waals surface area contributed by atoms with E-state index in [0.717, 1.165) is 11.4 Å². The standard InChI is InChI=1S/C12H23N3O/c1-8(2)11(13-5)12-10(16-6)7-14-15(12)9(3)4/h7-9,11,13H,1-6H3. The molecule has 1 heterocycles. The Bertz CT molecular complexity index is 331. The zero-order chi connectivity index (χ0) is 12.3. The summed E-state index contributed by atoms with van der Waals surface area (Å²) in [4.78, 5) is 0. The summed E-state index contributed by atoms with van der Waals surface area (Å²) < 4.78 is 7.41. The number of rotatable bonds is 5. The molecule has 0 aliphatic rings. The zero-order valence-electron chi connectivity index (χ0n) is 11.1. The molecule has 92 valence electrons. The average Bonchev–Trinajstić information content (AvgIpc) is 2.62. The topological polar surface area (TPSA) is 39.1 Å². The van der Waals surface area contributed by atoms with E-state index in [1.807, 2.05) is 11.7 Å². The second-order valence-electron chi connectivity index (χ2n) is 4.65. The van der Waals surface area contributed by atoms with Gasteiger partial charge >= 0.3 is 0 Å². The Morgan fingerprint density at radius 2 is 1.94 bits per heavy atom. The fourth-order valence-corrected chi connectivity index (χ4v) is 2.01. The first-order valence-electron chi connectivity index (χ1n) is 5.81. The molecule has 1 atom stereocenters. The van der Waals surface area contributed by atoms with Gasteiger partial charge in [-0.3, -0.25) is 4.68 Å². The zero-order valence-corrected chi connectivity index (χ0v) is 11.1. The summed E-state index contributed by atoms with van der Waals surface area (Å²) >= 11 is 0. The molecule has 16 heavy (non-hydrogen) atoms. The van der Waals surface area contributed by atoms with Gasteiger partial charge in [0, 0.05) is 6.04 Å². The van der Waals surface area contributed by atoms with Gasteiger partial charge in [0.2, 0.25) is 0 Å². The van der Waals surface area contributed by atoms with E-state index in [-0.39, 0.29) is 6.04 Å². The Morgan fingerprint density at radius 3 is 2.31 bits per heavy atom. The van der Waals surface area contributed by atoms with E-state index < -0.39 is 0 Å². The van der Waals surface area contributed by atoms with Gasteiger partial charge in [0.1, 0.15) is 0 Å². The Labute approximate surface area is 98.0 Å². The largest absolute Gasteiger partial charge is 0.493 e. The van der Waals surface area contributed by atoms with Crippen LogP contribution < -0.4 is 10.1 Å². The molecule has 0 saturated heterocycles. The molecular weight excluding hydrogens is 202 g/mol. The molecule has 0 aliphatic carbocycles. The lowest BCUT2D eigenvalue weighted by Crippen LogP contribution is -2.26. The molecule has 4 nitrogen and oxygen atoms in total. The molecule has 1 aromatic heterocycles. The van der Waals surface area contributed by atoms with Gasteiger partial charge in [-0.05, 0) is 26.8 Å². The maximum absolute atomic E-state index is 5.39. The molecule has 0 saturated carbocycles. The quantitative estimate of drug-likeness (QED) is 0.836. The SMILES string of the molecule is CNC(c1c(OC)cnn1C(C)C)C(C)C. The predicted molar refractivity (Wildman–Crippen MR) is 65.8 cm³/mol. The van der Waals surface area contributed by atoms with Crippen LogP contribution in [0.4, 0.5) is 0 Å². The Morgan fingerprint density at radius 1 is 1.31 bits per heavy atom. The number of methoxy groups -OCH3 is 1. The smallest absolute Gasteiger partial charge is 0.161 e. The predicted octanol–water partition coefficient (Wildman–Crippen LogP) is 2.39. The molecule has 0 spiro atoms. The van der Waals surface area contributed by atoms with Crippen molar-refractivity contribution in [3.05, 3.63) is 11.9 Å². The summed E-state index contributed by atoms with van der Waals surface area (Å²) in [6.07, 6.45) is 1.79. The summed E-state index contributed by atoms with van der Waals surface area (Å²) in [5.41, 5.74) is 1.13. The average molecular weight is 225 g/mol. The van der Waals surface area contributed by atoms with E-state index in [0.29, 0.717) is 12.0 Å². The van der Waals surface area contributed by atoms with E-state index in [9.17, 15) is 0 Å². The van der Waals surface area contributed by atoms with E-state index in [1.54, 1.807) is 13.3 Å². The molecule has 0 bridgehead atoms. The summed E-state index contributed by atoms with van der Waals surface area (Å²) in [5.74, 6) is 1.36. The van der Waals surface area contributed by atoms with E-state index >= 15 is 0 Å². The number of hydrogen-bond donors (Lipinski definition) is 1. The Hall–Kier alpha value is -1.03. The fraction of sp³-hybridized carbons (Fsp3) is 0.750. The maximum atomic E-state index is 5.39. The molecule has 1 aromatic rings. The first-order valence-corrected chi connectivity index (χ1v) is 5.81. The second kappa shape index (κ2) is 5.34. The second-order valence-corrected chi connectivity index (χ2v) is 4.65. The molecule has 0 amide bonds. The third kappa shape index (κ3) is 2.38. The Kier molecular flexibility index (Phi) is 4.35. The highest BCUT2D eigenvalue weighted by Crippen LogP contribution is 2.31. The van der Waals surface area contributed by atoms with Crippen molar-refractivity contribution in [3.63, 3.8) is 0 Å². The molecule has 0 radical (unpaired) electrons. The van der Waals surface area contributed by atoms with E-state index in [4.69, 9.17) is 4.74 Å². The van der Waals surface area contributed by atoms with Crippen LogP contribution in [0.3, 0.4) is 0 Å². The monoisotopic (exact) mass is 225 g/mol. The van der Waals surface area contributed by atoms with Crippen molar-refractivity contribution in [2.45, 2.75) is 39.8 Å². The number of nitrogens with one attached hydrogen (secondary N) is 1. The highest BCUT2D eigenvalue weighted by Gasteiger charge is 2.24. The van der Waals surface area contributed by atoms with Gasteiger partial charge in [-0.25, -0.2) is 0 Å². The molecule has 0 aromatic carbocycles. The molecular formula is C12H23N3O. The van der Waals surface area contributed by atoms with Gasteiger partial charge in [-0.15, -0.1) is 0 Å². The third-order valence-electron chi connectivity index (χ3n) is 2.78. The lowest BCUT2D eigenvalue weighted by Gasteiger charge is -2.23. The molecule has 0 fully saturated rings. The van der Waals surface area contributed by atoms with Crippen molar-refractivity contribution >= 4 is 0 Å². The van der Waals surface area contributed by atoms with Crippen LogP contribution in [0.5, 0.6) is 5.75 Å². The summed E-state index contributed by atoms with van der Waals surface area (Å²) in [6.45, 7) is 8.64. The van der Waals surface area contributed by atoms with Gasteiger partial charge in [-0.1, -0.05) is 13.8 Å². The highest BCUT2D eigenvalue weighted by molar-refractivity contribution is 5.29. The first kappa shape index (κ1) is 13.0. The van der Waals surface area contributed by atoms with Crippen molar-refractivity contribution in [2.75, 3.05) is 14.2 Å². The highest BCUT2D eigenvalue weighted by atomic mass is 16.5. The number of nitrogens with zero attached hydrogens (tertiary/aromatic N) is 2. The molecule has 1 unspecified atom stereocenters. The molecule has 0 aliphatic heterocycles. The number of ether oxygens (including phenoxy) is 1. The third-order valence-corrected chi connectivity index (χ3v) is 2.78. The summed E-state index contributed by atoms with van der Waals surface area (Å²) in [7, 11) is 3.67. The first-order chi connectivity index (χ1) is 7.52.